The van der Waals surface area contributed by atoms with Gasteiger partial charge in [-0.1, -0.05) is 35.9 Å². The SMILES string of the molecule is CNC(=O)c1cc(NC(=O)c2ccccc2NS(=O)(=O)c2cc(C)ccc2C)ccc1Cl. The van der Waals surface area contributed by atoms with E-state index in [2.05, 4.69) is 15.4 Å². The molecule has 0 spiro atoms. The number of aryl methyl sites for hydroxylation is 2. The Balaban J connectivity index is 1.91. The first-order valence-electron chi connectivity index (χ1n) is 9.64. The molecule has 0 radical (unpaired) electrons. The fourth-order valence-corrected chi connectivity index (χ4v) is 4.69. The van der Waals surface area contributed by atoms with E-state index < -0.39 is 21.8 Å². The van der Waals surface area contributed by atoms with E-state index in [1.165, 1.54) is 31.3 Å². The van der Waals surface area contributed by atoms with Crippen LogP contribution in [0.4, 0.5) is 11.4 Å². The second kappa shape index (κ2) is 9.42. The molecule has 2 amide bonds. The van der Waals surface area contributed by atoms with Crippen LogP contribution in [-0.2, 0) is 10.0 Å². The molecule has 3 N–H and O–H groups in total. The summed E-state index contributed by atoms with van der Waals surface area (Å²) in [6, 6.07) is 15.9. The van der Waals surface area contributed by atoms with E-state index in [1.54, 1.807) is 44.2 Å². The Hall–Kier alpha value is -3.36. The van der Waals surface area contributed by atoms with Gasteiger partial charge >= 0.3 is 0 Å². The third-order valence-corrected chi connectivity index (χ3v) is 6.58. The van der Waals surface area contributed by atoms with Crippen molar-refractivity contribution in [3.8, 4) is 0 Å². The fourth-order valence-electron chi connectivity index (χ4n) is 3.08. The minimum Gasteiger partial charge on any atom is -0.355 e. The van der Waals surface area contributed by atoms with Gasteiger partial charge in [0.1, 0.15) is 0 Å². The van der Waals surface area contributed by atoms with Gasteiger partial charge in [0, 0.05) is 12.7 Å². The van der Waals surface area contributed by atoms with Gasteiger partial charge in [-0.2, -0.15) is 0 Å². The number of halogens is 1. The lowest BCUT2D eigenvalue weighted by molar-refractivity contribution is 0.0961. The van der Waals surface area contributed by atoms with Crippen LogP contribution in [0.2, 0.25) is 5.02 Å². The zero-order valence-electron chi connectivity index (χ0n) is 17.7. The van der Waals surface area contributed by atoms with Crippen molar-refractivity contribution in [3.05, 3.63) is 87.9 Å². The molecule has 0 bridgehead atoms. The molecule has 0 atom stereocenters. The molecule has 0 fully saturated rings. The van der Waals surface area contributed by atoms with Crippen LogP contribution in [-0.4, -0.2) is 27.3 Å². The number of benzene rings is 3. The van der Waals surface area contributed by atoms with Crippen molar-refractivity contribution >= 4 is 44.8 Å². The zero-order chi connectivity index (χ0) is 23.5. The van der Waals surface area contributed by atoms with Crippen LogP contribution in [0.25, 0.3) is 0 Å². The minimum absolute atomic E-state index is 0.123. The van der Waals surface area contributed by atoms with Gasteiger partial charge in [-0.3, -0.25) is 14.3 Å². The Morgan fingerprint density at radius 3 is 2.31 bits per heavy atom. The van der Waals surface area contributed by atoms with Crippen molar-refractivity contribution in [2.75, 3.05) is 17.1 Å². The van der Waals surface area contributed by atoms with E-state index >= 15 is 0 Å². The second-order valence-electron chi connectivity index (χ2n) is 7.15. The molecule has 0 aliphatic heterocycles. The quantitative estimate of drug-likeness (QED) is 0.496. The number of hydrogen-bond donors (Lipinski definition) is 3. The molecule has 0 heterocycles. The molecule has 3 aromatic carbocycles. The molecule has 166 valence electrons. The molecule has 0 aliphatic rings. The molecule has 9 heteroatoms. The summed E-state index contributed by atoms with van der Waals surface area (Å²) in [5.74, 6) is -0.942. The van der Waals surface area contributed by atoms with Gasteiger partial charge in [-0.05, 0) is 61.4 Å². The highest BCUT2D eigenvalue weighted by Gasteiger charge is 2.21. The summed E-state index contributed by atoms with van der Waals surface area (Å²) in [5, 5.41) is 5.40. The molecule has 3 rings (SSSR count). The van der Waals surface area contributed by atoms with Crippen LogP contribution in [0, 0.1) is 13.8 Å². The van der Waals surface area contributed by atoms with Gasteiger partial charge in [0.25, 0.3) is 21.8 Å². The first-order chi connectivity index (χ1) is 15.1. The average molecular weight is 472 g/mol. The number of para-hydroxylation sites is 1. The largest absolute Gasteiger partial charge is 0.355 e. The molecule has 0 saturated carbocycles. The lowest BCUT2D eigenvalue weighted by Gasteiger charge is -2.15. The van der Waals surface area contributed by atoms with E-state index in [0.717, 1.165) is 5.56 Å². The number of hydrogen-bond acceptors (Lipinski definition) is 4. The number of anilines is 2. The fraction of sp³-hybridized carbons (Fsp3) is 0.130. The van der Waals surface area contributed by atoms with Crippen LogP contribution < -0.4 is 15.4 Å². The van der Waals surface area contributed by atoms with Gasteiger partial charge in [0.15, 0.2) is 0 Å². The van der Waals surface area contributed by atoms with Crippen LogP contribution in [0.3, 0.4) is 0 Å². The van der Waals surface area contributed by atoms with Crippen LogP contribution in [0.1, 0.15) is 31.8 Å². The predicted octanol–water partition coefficient (Wildman–Crippen LogP) is 4.37. The predicted molar refractivity (Wildman–Crippen MR) is 126 cm³/mol. The molecule has 0 aliphatic carbocycles. The smallest absolute Gasteiger partial charge is 0.262 e. The molecule has 3 aromatic rings. The van der Waals surface area contributed by atoms with Gasteiger partial charge in [0.2, 0.25) is 0 Å². The first-order valence-corrected chi connectivity index (χ1v) is 11.5. The van der Waals surface area contributed by atoms with Crippen molar-refractivity contribution < 1.29 is 18.0 Å². The Labute approximate surface area is 191 Å². The topological polar surface area (TPSA) is 104 Å². The first kappa shape index (κ1) is 23.3. The van der Waals surface area contributed by atoms with Gasteiger partial charge in [-0.25, -0.2) is 8.42 Å². The Morgan fingerprint density at radius 2 is 1.59 bits per heavy atom. The summed E-state index contributed by atoms with van der Waals surface area (Å²) in [4.78, 5) is 25.0. The van der Waals surface area contributed by atoms with Crippen LogP contribution >= 0.6 is 11.6 Å². The standard InChI is InChI=1S/C23H22ClN3O4S/c1-14-8-9-15(2)21(12-14)32(30,31)27-20-7-5-4-6-17(20)23(29)26-16-10-11-19(24)18(13-16)22(28)25-3/h4-13,27H,1-3H3,(H,25,28)(H,26,29). The lowest BCUT2D eigenvalue weighted by Crippen LogP contribution is -2.20. The second-order valence-corrected chi connectivity index (χ2v) is 9.21. The Bertz CT molecular complexity index is 1310. The number of sulfonamides is 1. The third-order valence-electron chi connectivity index (χ3n) is 4.75. The molecule has 0 saturated heterocycles. The highest BCUT2D eigenvalue weighted by atomic mass is 35.5. The highest BCUT2D eigenvalue weighted by Crippen LogP contribution is 2.25. The monoisotopic (exact) mass is 471 g/mol. The van der Waals surface area contributed by atoms with Crippen molar-refractivity contribution in [1.29, 1.82) is 0 Å². The van der Waals surface area contributed by atoms with Crippen molar-refractivity contribution in [3.63, 3.8) is 0 Å². The van der Waals surface area contributed by atoms with Crippen molar-refractivity contribution in [2.45, 2.75) is 18.7 Å². The number of nitrogens with one attached hydrogen (secondary N) is 3. The molecular formula is C23H22ClN3O4S. The Kier molecular flexibility index (Phi) is 6.86. The minimum atomic E-state index is -3.92. The van der Waals surface area contributed by atoms with E-state index in [4.69, 9.17) is 11.6 Å². The summed E-state index contributed by atoms with van der Waals surface area (Å²) in [5.41, 5.74) is 2.19. The number of carbonyl (C=O) groups is 2. The molecule has 32 heavy (non-hydrogen) atoms. The van der Waals surface area contributed by atoms with Gasteiger partial charge in [-0.15, -0.1) is 0 Å². The highest BCUT2D eigenvalue weighted by molar-refractivity contribution is 7.92. The Morgan fingerprint density at radius 1 is 0.875 bits per heavy atom. The summed E-state index contributed by atoms with van der Waals surface area (Å²) >= 11 is 6.05. The molecular weight excluding hydrogens is 450 g/mol. The van der Waals surface area contributed by atoms with E-state index in [1.807, 2.05) is 6.07 Å². The van der Waals surface area contributed by atoms with Crippen molar-refractivity contribution in [1.82, 2.24) is 5.32 Å². The van der Waals surface area contributed by atoms with E-state index in [-0.39, 0.29) is 26.7 Å². The van der Waals surface area contributed by atoms with Crippen LogP contribution in [0.15, 0.2) is 65.6 Å². The third kappa shape index (κ3) is 5.09. The average Bonchev–Trinajstić information content (AvgIpc) is 2.76. The number of rotatable bonds is 6. The zero-order valence-corrected chi connectivity index (χ0v) is 19.3. The van der Waals surface area contributed by atoms with Crippen molar-refractivity contribution in [2.24, 2.45) is 0 Å². The summed E-state index contributed by atoms with van der Waals surface area (Å²) in [6.07, 6.45) is 0. The maximum Gasteiger partial charge on any atom is 0.262 e. The summed E-state index contributed by atoms with van der Waals surface area (Å²) in [7, 11) is -2.45. The summed E-state index contributed by atoms with van der Waals surface area (Å²) < 4.78 is 28.5. The normalized spacial score (nSPS) is 11.0. The molecule has 0 unspecified atom stereocenters. The summed E-state index contributed by atoms with van der Waals surface area (Å²) in [6.45, 7) is 3.51. The van der Waals surface area contributed by atoms with Gasteiger partial charge in [0.05, 0.1) is 26.7 Å². The lowest BCUT2D eigenvalue weighted by atomic mass is 10.1. The molecule has 0 aromatic heterocycles. The van der Waals surface area contributed by atoms with Crippen LogP contribution in [0.5, 0.6) is 0 Å². The number of amides is 2. The molecule has 7 nitrogen and oxygen atoms in total. The maximum atomic E-state index is 13.0. The van der Waals surface area contributed by atoms with E-state index in [0.29, 0.717) is 11.3 Å². The maximum absolute atomic E-state index is 13.0. The number of carbonyl (C=O) groups excluding carboxylic acids is 2. The van der Waals surface area contributed by atoms with E-state index in [9.17, 15) is 18.0 Å². The van der Waals surface area contributed by atoms with Gasteiger partial charge < -0.3 is 10.6 Å².